The Balaban J connectivity index is 1.93. The van der Waals surface area contributed by atoms with Gasteiger partial charge in [0.1, 0.15) is 11.6 Å². The molecule has 23 heavy (non-hydrogen) atoms. The summed E-state index contributed by atoms with van der Waals surface area (Å²) < 4.78 is 0. The minimum absolute atomic E-state index is 0.00379. The Morgan fingerprint density at radius 1 is 1.35 bits per heavy atom. The molecule has 0 aromatic carbocycles. The third kappa shape index (κ3) is 3.02. The van der Waals surface area contributed by atoms with Crippen LogP contribution in [-0.4, -0.2) is 39.4 Å². The van der Waals surface area contributed by atoms with Crippen LogP contribution in [0, 0.1) is 13.8 Å². The van der Waals surface area contributed by atoms with Crippen LogP contribution >= 0.6 is 0 Å². The molecule has 6 nitrogen and oxygen atoms in total. The van der Waals surface area contributed by atoms with E-state index in [2.05, 4.69) is 20.3 Å². The molecular formula is C17H21N5O. The quantitative estimate of drug-likeness (QED) is 0.943. The predicted octanol–water partition coefficient (Wildman–Crippen LogP) is 2.51. The van der Waals surface area contributed by atoms with E-state index in [-0.39, 0.29) is 11.9 Å². The van der Waals surface area contributed by atoms with Crippen LogP contribution in [-0.2, 0) is 0 Å². The number of rotatable bonds is 3. The van der Waals surface area contributed by atoms with Gasteiger partial charge >= 0.3 is 0 Å². The third-order valence-corrected chi connectivity index (χ3v) is 4.21. The molecule has 0 radical (unpaired) electrons. The fourth-order valence-electron chi connectivity index (χ4n) is 3.07. The molecule has 0 spiro atoms. The van der Waals surface area contributed by atoms with Crippen LogP contribution in [0.25, 0.3) is 0 Å². The summed E-state index contributed by atoms with van der Waals surface area (Å²) in [7, 11) is 1.84. The van der Waals surface area contributed by atoms with Crippen molar-refractivity contribution in [2.45, 2.75) is 32.7 Å². The second-order valence-electron chi connectivity index (χ2n) is 5.77. The average Bonchev–Trinajstić information content (AvgIpc) is 3.03. The van der Waals surface area contributed by atoms with Crippen molar-refractivity contribution in [1.29, 1.82) is 0 Å². The summed E-state index contributed by atoms with van der Waals surface area (Å²) in [6, 6.07) is 5.57. The zero-order valence-electron chi connectivity index (χ0n) is 13.7. The fourth-order valence-corrected chi connectivity index (χ4v) is 3.07. The lowest BCUT2D eigenvalue weighted by Gasteiger charge is -2.25. The SMILES string of the molecule is CNc1cc([C@H]2CCCN2C(=O)c2cccnc2C)nc(C)n1. The number of anilines is 1. The van der Waals surface area contributed by atoms with Gasteiger partial charge in [0.15, 0.2) is 0 Å². The van der Waals surface area contributed by atoms with Crippen LogP contribution < -0.4 is 5.32 Å². The van der Waals surface area contributed by atoms with Gasteiger partial charge in [-0.25, -0.2) is 9.97 Å². The lowest BCUT2D eigenvalue weighted by atomic mass is 10.1. The van der Waals surface area contributed by atoms with Gasteiger partial charge in [-0.2, -0.15) is 0 Å². The molecule has 120 valence electrons. The Morgan fingerprint density at radius 2 is 2.17 bits per heavy atom. The first-order valence-corrected chi connectivity index (χ1v) is 7.86. The van der Waals surface area contributed by atoms with Gasteiger partial charge in [0, 0.05) is 31.5 Å². The molecule has 1 fully saturated rings. The molecule has 1 saturated heterocycles. The molecule has 1 aliphatic rings. The second kappa shape index (κ2) is 6.32. The van der Waals surface area contributed by atoms with Crippen molar-refractivity contribution in [2.75, 3.05) is 18.9 Å². The van der Waals surface area contributed by atoms with Gasteiger partial charge in [-0.1, -0.05) is 0 Å². The second-order valence-corrected chi connectivity index (χ2v) is 5.77. The Morgan fingerprint density at radius 3 is 2.91 bits per heavy atom. The van der Waals surface area contributed by atoms with E-state index in [1.54, 1.807) is 12.3 Å². The lowest BCUT2D eigenvalue weighted by molar-refractivity contribution is 0.0731. The molecule has 0 unspecified atom stereocenters. The van der Waals surface area contributed by atoms with Gasteiger partial charge in [-0.3, -0.25) is 9.78 Å². The van der Waals surface area contributed by atoms with E-state index in [1.165, 1.54) is 0 Å². The van der Waals surface area contributed by atoms with Crippen LogP contribution in [0.4, 0.5) is 5.82 Å². The van der Waals surface area contributed by atoms with Gasteiger partial charge in [-0.05, 0) is 38.8 Å². The number of carbonyl (C=O) groups is 1. The monoisotopic (exact) mass is 311 g/mol. The number of hydrogen-bond donors (Lipinski definition) is 1. The number of hydrogen-bond acceptors (Lipinski definition) is 5. The lowest BCUT2D eigenvalue weighted by Crippen LogP contribution is -2.31. The minimum atomic E-state index is -0.00379. The first kappa shape index (κ1) is 15.4. The van der Waals surface area contributed by atoms with E-state index in [1.807, 2.05) is 37.9 Å². The van der Waals surface area contributed by atoms with Crippen molar-refractivity contribution >= 4 is 11.7 Å². The highest BCUT2D eigenvalue weighted by Crippen LogP contribution is 2.33. The molecule has 1 atom stereocenters. The van der Waals surface area contributed by atoms with E-state index < -0.39 is 0 Å². The Hall–Kier alpha value is -2.50. The molecule has 1 amide bonds. The first-order valence-electron chi connectivity index (χ1n) is 7.86. The Kier molecular flexibility index (Phi) is 4.23. The van der Waals surface area contributed by atoms with Crippen molar-refractivity contribution in [2.24, 2.45) is 0 Å². The van der Waals surface area contributed by atoms with E-state index in [0.717, 1.165) is 36.6 Å². The zero-order chi connectivity index (χ0) is 16.4. The molecule has 2 aromatic heterocycles. The van der Waals surface area contributed by atoms with Crippen molar-refractivity contribution in [3.63, 3.8) is 0 Å². The summed E-state index contributed by atoms with van der Waals surface area (Å²) in [5.41, 5.74) is 2.33. The van der Waals surface area contributed by atoms with Crippen molar-refractivity contribution in [3.8, 4) is 0 Å². The maximum atomic E-state index is 12.9. The van der Waals surface area contributed by atoms with Crippen LogP contribution in [0.3, 0.4) is 0 Å². The molecule has 3 rings (SSSR count). The topological polar surface area (TPSA) is 71.0 Å². The standard InChI is InChI=1S/C17H21N5O/c1-11-13(6-4-8-19-11)17(23)22-9-5-7-15(22)14-10-16(18-3)21-12(2)20-14/h4,6,8,10,15H,5,7,9H2,1-3H3,(H,18,20,21)/t15-/m1/s1. The summed E-state index contributed by atoms with van der Waals surface area (Å²) in [5, 5.41) is 3.05. The largest absolute Gasteiger partial charge is 0.373 e. The minimum Gasteiger partial charge on any atom is -0.373 e. The molecule has 6 heteroatoms. The normalized spacial score (nSPS) is 17.3. The molecule has 0 aliphatic carbocycles. The van der Waals surface area contributed by atoms with Crippen LogP contribution in [0.2, 0.25) is 0 Å². The van der Waals surface area contributed by atoms with Crippen molar-refractivity contribution in [3.05, 3.63) is 47.2 Å². The van der Waals surface area contributed by atoms with E-state index in [4.69, 9.17) is 0 Å². The van der Waals surface area contributed by atoms with Gasteiger partial charge in [0.05, 0.1) is 17.3 Å². The van der Waals surface area contributed by atoms with Gasteiger partial charge in [-0.15, -0.1) is 0 Å². The molecule has 2 aromatic rings. The summed E-state index contributed by atoms with van der Waals surface area (Å²) in [6.45, 7) is 4.48. The number of carbonyl (C=O) groups excluding carboxylic acids is 1. The molecule has 0 saturated carbocycles. The summed E-state index contributed by atoms with van der Waals surface area (Å²) in [6.07, 6.45) is 3.61. The number of nitrogens with zero attached hydrogens (tertiary/aromatic N) is 4. The highest BCUT2D eigenvalue weighted by Gasteiger charge is 2.32. The molecule has 1 N–H and O–H groups in total. The van der Waals surface area contributed by atoms with Crippen molar-refractivity contribution in [1.82, 2.24) is 19.9 Å². The molecule has 1 aliphatic heterocycles. The van der Waals surface area contributed by atoms with Gasteiger partial charge in [0.25, 0.3) is 5.91 Å². The predicted molar refractivity (Wildman–Crippen MR) is 88.3 cm³/mol. The summed E-state index contributed by atoms with van der Waals surface area (Å²) >= 11 is 0. The summed E-state index contributed by atoms with van der Waals surface area (Å²) in [4.78, 5) is 27.9. The first-order chi connectivity index (χ1) is 11.1. The maximum absolute atomic E-state index is 12.9. The van der Waals surface area contributed by atoms with Crippen LogP contribution in [0.15, 0.2) is 24.4 Å². The van der Waals surface area contributed by atoms with Gasteiger partial charge < -0.3 is 10.2 Å². The molecule has 3 heterocycles. The Labute approximate surface area is 136 Å². The number of pyridine rings is 1. The van der Waals surface area contributed by atoms with Gasteiger partial charge in [0.2, 0.25) is 0 Å². The van der Waals surface area contributed by atoms with Crippen molar-refractivity contribution < 1.29 is 4.79 Å². The smallest absolute Gasteiger partial charge is 0.256 e. The molecule has 0 bridgehead atoms. The number of aromatic nitrogens is 3. The molecular weight excluding hydrogens is 290 g/mol. The average molecular weight is 311 g/mol. The summed E-state index contributed by atoms with van der Waals surface area (Å²) in [5.74, 6) is 1.52. The third-order valence-electron chi connectivity index (χ3n) is 4.21. The zero-order valence-corrected chi connectivity index (χ0v) is 13.7. The highest BCUT2D eigenvalue weighted by atomic mass is 16.2. The van der Waals surface area contributed by atoms with E-state index in [9.17, 15) is 4.79 Å². The Bertz CT molecular complexity index is 731. The number of nitrogens with one attached hydrogen (secondary N) is 1. The van der Waals surface area contributed by atoms with E-state index in [0.29, 0.717) is 11.4 Å². The highest BCUT2D eigenvalue weighted by molar-refractivity contribution is 5.95. The number of likely N-dealkylation sites (tertiary alicyclic amines) is 1. The van der Waals surface area contributed by atoms with Crippen LogP contribution in [0.1, 0.15) is 46.5 Å². The maximum Gasteiger partial charge on any atom is 0.256 e. The van der Waals surface area contributed by atoms with Crippen LogP contribution in [0.5, 0.6) is 0 Å². The number of aryl methyl sites for hydroxylation is 2. The number of amides is 1. The fraction of sp³-hybridized carbons (Fsp3) is 0.412. The van der Waals surface area contributed by atoms with E-state index >= 15 is 0 Å².